The van der Waals surface area contributed by atoms with Gasteiger partial charge in [-0.05, 0) is 31.0 Å². The molecule has 0 aliphatic carbocycles. The van der Waals surface area contributed by atoms with E-state index in [2.05, 4.69) is 0 Å². The molecule has 1 aliphatic heterocycles. The predicted molar refractivity (Wildman–Crippen MR) is 116 cm³/mol. The third kappa shape index (κ3) is 4.13. The van der Waals surface area contributed by atoms with Crippen molar-refractivity contribution < 1.29 is 17.9 Å². The standard InChI is InChI=1S/C23H26N2O4S/c1-17-7-8-18(2)19(13-17)16-30(27,28)22-14-25(21-6-4-3-5-20(21)22)15-23(26)24-9-11-29-12-10-24/h3-8,13-14H,9-12,15-16H2,1-2H3. The van der Waals surface area contributed by atoms with Crippen LogP contribution in [0, 0.1) is 13.8 Å². The quantitative estimate of drug-likeness (QED) is 0.629. The van der Waals surface area contributed by atoms with Crippen LogP contribution in [0.5, 0.6) is 0 Å². The monoisotopic (exact) mass is 426 g/mol. The van der Waals surface area contributed by atoms with Crippen molar-refractivity contribution in [2.24, 2.45) is 0 Å². The molecule has 2 aromatic carbocycles. The van der Waals surface area contributed by atoms with Gasteiger partial charge in [-0.3, -0.25) is 4.79 Å². The molecule has 1 amide bonds. The van der Waals surface area contributed by atoms with Gasteiger partial charge >= 0.3 is 0 Å². The molecule has 1 aromatic heterocycles. The summed E-state index contributed by atoms with van der Waals surface area (Å²) in [4.78, 5) is 14.8. The van der Waals surface area contributed by atoms with Gasteiger partial charge in [0.1, 0.15) is 6.54 Å². The number of nitrogens with zero attached hydrogens (tertiary/aromatic N) is 2. The maximum Gasteiger partial charge on any atom is 0.242 e. The molecule has 1 aliphatic rings. The van der Waals surface area contributed by atoms with E-state index in [1.165, 1.54) is 0 Å². The molecule has 4 rings (SSSR count). The molecule has 1 saturated heterocycles. The molecule has 0 atom stereocenters. The third-order valence-corrected chi connectivity index (χ3v) is 7.29. The molecular formula is C23H26N2O4S. The molecule has 158 valence electrons. The molecule has 30 heavy (non-hydrogen) atoms. The second-order valence-corrected chi connectivity index (χ2v) is 9.78. The van der Waals surface area contributed by atoms with Crippen LogP contribution in [-0.2, 0) is 31.7 Å². The van der Waals surface area contributed by atoms with Gasteiger partial charge < -0.3 is 14.2 Å². The Bertz CT molecular complexity index is 1190. The lowest BCUT2D eigenvalue weighted by Crippen LogP contribution is -2.42. The zero-order valence-electron chi connectivity index (χ0n) is 17.3. The first-order valence-electron chi connectivity index (χ1n) is 10.1. The Balaban J connectivity index is 1.69. The number of amides is 1. The summed E-state index contributed by atoms with van der Waals surface area (Å²) in [5.41, 5.74) is 3.54. The Kier molecular flexibility index (Phi) is 5.66. The molecule has 6 nitrogen and oxygen atoms in total. The first kappa shape index (κ1) is 20.6. The van der Waals surface area contributed by atoms with Gasteiger partial charge in [0, 0.05) is 30.2 Å². The fourth-order valence-corrected chi connectivity index (χ4v) is 5.56. The van der Waals surface area contributed by atoms with Crippen LogP contribution in [0.4, 0.5) is 0 Å². The Morgan fingerprint density at radius 1 is 1.07 bits per heavy atom. The van der Waals surface area contributed by atoms with Crippen LogP contribution in [0.3, 0.4) is 0 Å². The summed E-state index contributed by atoms with van der Waals surface area (Å²) in [7, 11) is -3.58. The number of hydrogen-bond donors (Lipinski definition) is 0. The Morgan fingerprint density at radius 2 is 1.80 bits per heavy atom. The second kappa shape index (κ2) is 8.24. The molecule has 0 saturated carbocycles. The lowest BCUT2D eigenvalue weighted by Gasteiger charge is -2.27. The van der Waals surface area contributed by atoms with Crippen molar-refractivity contribution in [3.05, 3.63) is 65.4 Å². The van der Waals surface area contributed by atoms with Gasteiger partial charge in [-0.25, -0.2) is 8.42 Å². The molecule has 0 bridgehead atoms. The molecular weight excluding hydrogens is 400 g/mol. The van der Waals surface area contributed by atoms with Crippen molar-refractivity contribution in [1.29, 1.82) is 0 Å². The normalized spacial score (nSPS) is 14.9. The highest BCUT2D eigenvalue weighted by molar-refractivity contribution is 7.90. The Labute approximate surface area is 177 Å². The summed E-state index contributed by atoms with van der Waals surface area (Å²) in [5, 5.41) is 0.651. The summed E-state index contributed by atoms with van der Waals surface area (Å²) < 4.78 is 33.8. The van der Waals surface area contributed by atoms with Gasteiger partial charge in [-0.15, -0.1) is 0 Å². The van der Waals surface area contributed by atoms with Crippen molar-refractivity contribution in [1.82, 2.24) is 9.47 Å². The van der Waals surface area contributed by atoms with Crippen LogP contribution in [0.1, 0.15) is 16.7 Å². The van der Waals surface area contributed by atoms with Crippen LogP contribution < -0.4 is 0 Å². The summed E-state index contributed by atoms with van der Waals surface area (Å²) in [6, 6.07) is 13.2. The van der Waals surface area contributed by atoms with E-state index in [1.54, 1.807) is 21.7 Å². The maximum atomic E-state index is 13.4. The maximum absolute atomic E-state index is 13.4. The number of ether oxygens (including phenoxy) is 1. The molecule has 0 radical (unpaired) electrons. The minimum absolute atomic E-state index is 0.0301. The number of carbonyl (C=O) groups is 1. The Hall–Kier alpha value is -2.64. The van der Waals surface area contributed by atoms with Gasteiger partial charge in [0.2, 0.25) is 5.91 Å². The number of sulfone groups is 1. The number of morpholine rings is 1. The summed E-state index contributed by atoms with van der Waals surface area (Å²) in [5.74, 6) is -0.0936. The highest BCUT2D eigenvalue weighted by Gasteiger charge is 2.24. The average Bonchev–Trinajstić information content (AvgIpc) is 3.11. The van der Waals surface area contributed by atoms with Crippen LogP contribution in [0.2, 0.25) is 0 Å². The number of aryl methyl sites for hydroxylation is 2. The predicted octanol–water partition coefficient (Wildman–Crippen LogP) is 3.09. The first-order chi connectivity index (χ1) is 14.3. The first-order valence-corrected chi connectivity index (χ1v) is 11.7. The van der Waals surface area contributed by atoms with Gasteiger partial charge in [0.25, 0.3) is 0 Å². The number of rotatable bonds is 5. The second-order valence-electron chi connectivity index (χ2n) is 7.82. The van der Waals surface area contributed by atoms with Crippen molar-refractivity contribution >= 4 is 26.6 Å². The van der Waals surface area contributed by atoms with Crippen molar-refractivity contribution in [3.8, 4) is 0 Å². The van der Waals surface area contributed by atoms with E-state index in [0.29, 0.717) is 31.7 Å². The third-order valence-electron chi connectivity index (χ3n) is 5.61. The van der Waals surface area contributed by atoms with Crippen molar-refractivity contribution in [2.45, 2.75) is 31.0 Å². The van der Waals surface area contributed by atoms with E-state index in [1.807, 2.05) is 50.2 Å². The number of fused-ring (bicyclic) bond motifs is 1. The van der Waals surface area contributed by atoms with Crippen LogP contribution >= 0.6 is 0 Å². The molecule has 7 heteroatoms. The van der Waals surface area contributed by atoms with Gasteiger partial charge in [0.15, 0.2) is 9.84 Å². The zero-order valence-corrected chi connectivity index (χ0v) is 18.1. The average molecular weight is 427 g/mol. The van der Waals surface area contributed by atoms with Crippen LogP contribution in [-0.4, -0.2) is 50.1 Å². The fraction of sp³-hybridized carbons (Fsp3) is 0.348. The van der Waals surface area contributed by atoms with E-state index in [4.69, 9.17) is 4.74 Å². The van der Waals surface area contributed by atoms with Crippen molar-refractivity contribution in [2.75, 3.05) is 26.3 Å². The van der Waals surface area contributed by atoms with E-state index in [0.717, 1.165) is 22.2 Å². The highest BCUT2D eigenvalue weighted by Crippen LogP contribution is 2.29. The fourth-order valence-electron chi connectivity index (χ4n) is 3.89. The number of aromatic nitrogens is 1. The SMILES string of the molecule is Cc1ccc(C)c(CS(=O)(=O)c2cn(CC(=O)N3CCOCC3)c3ccccc23)c1. The zero-order chi connectivity index (χ0) is 21.3. The largest absolute Gasteiger partial charge is 0.378 e. The lowest BCUT2D eigenvalue weighted by atomic mass is 10.1. The summed E-state index contributed by atoms with van der Waals surface area (Å²) in [6.07, 6.45) is 1.61. The Morgan fingerprint density at radius 3 is 2.57 bits per heavy atom. The summed E-state index contributed by atoms with van der Waals surface area (Å²) >= 11 is 0. The van der Waals surface area contributed by atoms with Crippen LogP contribution in [0.25, 0.3) is 10.9 Å². The van der Waals surface area contributed by atoms with Crippen molar-refractivity contribution in [3.63, 3.8) is 0 Å². The molecule has 0 unspecified atom stereocenters. The van der Waals surface area contributed by atoms with Gasteiger partial charge in [-0.1, -0.05) is 42.0 Å². The number of benzene rings is 2. The van der Waals surface area contributed by atoms with Gasteiger partial charge in [0.05, 0.1) is 23.9 Å². The van der Waals surface area contributed by atoms with Gasteiger partial charge in [-0.2, -0.15) is 0 Å². The van der Waals surface area contributed by atoms with E-state index in [9.17, 15) is 13.2 Å². The van der Waals surface area contributed by atoms with E-state index < -0.39 is 9.84 Å². The summed E-state index contributed by atoms with van der Waals surface area (Å²) in [6.45, 7) is 6.19. The molecule has 2 heterocycles. The molecule has 0 spiro atoms. The van der Waals surface area contributed by atoms with E-state index >= 15 is 0 Å². The molecule has 1 fully saturated rings. The minimum Gasteiger partial charge on any atom is -0.378 e. The minimum atomic E-state index is -3.58. The number of para-hydroxylation sites is 1. The number of hydrogen-bond acceptors (Lipinski definition) is 4. The van der Waals surface area contributed by atoms with E-state index in [-0.39, 0.29) is 23.1 Å². The van der Waals surface area contributed by atoms with Crippen LogP contribution in [0.15, 0.2) is 53.6 Å². The molecule has 0 N–H and O–H groups in total. The topological polar surface area (TPSA) is 68.6 Å². The molecule has 3 aromatic rings. The lowest BCUT2D eigenvalue weighted by molar-refractivity contribution is -0.135. The smallest absolute Gasteiger partial charge is 0.242 e. The number of carbonyl (C=O) groups excluding carboxylic acids is 1. The highest BCUT2D eigenvalue weighted by atomic mass is 32.2.